The standard InChI is InChI=1S/C41H73N2O8P/c1-6-8-10-11-12-13-14-15-16-17-22-26-40(46)38(34-51-52(48,49)50-33-32-43(3,4)5)42-41(47)27-23-19-18-21-24-35-28-31-39(45)37(35)30-29-36(44)25-20-9-7-2/h18,21-22,26,28-31,35-38,40,44,46H,6-17,19-20,23-25,27,32-34H2,1-5H3,(H-,42,47,48,49)/b21-18-,26-22+,30-29+/t35-,36-,37+,38-,40+/m0/s1. The second-order valence-corrected chi connectivity index (χ2v) is 16.7. The van der Waals surface area contributed by atoms with Gasteiger partial charge in [0.05, 0.1) is 46.0 Å². The number of rotatable bonds is 32. The minimum atomic E-state index is -4.64. The molecule has 0 aromatic carbocycles. The van der Waals surface area contributed by atoms with Crippen molar-refractivity contribution in [1.29, 1.82) is 0 Å². The molecule has 0 aromatic rings. The molecule has 1 aliphatic rings. The van der Waals surface area contributed by atoms with Crippen molar-refractivity contribution in [3.8, 4) is 0 Å². The SMILES string of the molecule is CCCCCCCCCCC/C=C/[C@@H](O)[C@H](COP(=O)([O-])OCC[N+](C)(C)C)NC(=O)CCC/C=C\C[C@H]1C=CC(=O)[C@@H]1/C=C/[C@@H](O)CCCCC. The Bertz CT molecular complexity index is 1130. The van der Waals surface area contributed by atoms with Gasteiger partial charge in [0, 0.05) is 12.3 Å². The van der Waals surface area contributed by atoms with Crippen molar-refractivity contribution >= 4 is 19.5 Å². The number of unbranched alkanes of at least 4 members (excludes halogenated alkanes) is 12. The molecule has 6 atom stereocenters. The van der Waals surface area contributed by atoms with Crippen molar-refractivity contribution < 1.29 is 42.8 Å². The van der Waals surface area contributed by atoms with Crippen LogP contribution in [0, 0.1) is 11.8 Å². The number of quaternary nitrogens is 1. The lowest BCUT2D eigenvalue weighted by molar-refractivity contribution is -0.870. The van der Waals surface area contributed by atoms with Crippen LogP contribution in [-0.2, 0) is 23.2 Å². The fourth-order valence-electron chi connectivity index (χ4n) is 5.90. The monoisotopic (exact) mass is 753 g/mol. The van der Waals surface area contributed by atoms with Gasteiger partial charge in [-0.2, -0.15) is 0 Å². The summed E-state index contributed by atoms with van der Waals surface area (Å²) in [7, 11) is 1.13. The summed E-state index contributed by atoms with van der Waals surface area (Å²) in [5.74, 6) is -0.494. The van der Waals surface area contributed by atoms with Gasteiger partial charge >= 0.3 is 0 Å². The van der Waals surface area contributed by atoms with Crippen LogP contribution >= 0.6 is 7.82 Å². The average Bonchev–Trinajstić information content (AvgIpc) is 3.43. The smallest absolute Gasteiger partial charge is 0.268 e. The van der Waals surface area contributed by atoms with Crippen LogP contribution in [0.3, 0.4) is 0 Å². The lowest BCUT2D eigenvalue weighted by Gasteiger charge is -2.29. The van der Waals surface area contributed by atoms with E-state index in [4.69, 9.17) is 9.05 Å². The number of hydrogen-bond donors (Lipinski definition) is 3. The molecule has 11 heteroatoms. The molecular weight excluding hydrogens is 679 g/mol. The number of aliphatic hydroxyl groups excluding tert-OH is 2. The number of allylic oxidation sites excluding steroid dienone is 6. The Morgan fingerprint density at radius 3 is 2.21 bits per heavy atom. The second kappa shape index (κ2) is 28.5. The summed E-state index contributed by atoms with van der Waals surface area (Å²) >= 11 is 0. The first kappa shape index (κ1) is 48.1. The quantitative estimate of drug-likeness (QED) is 0.0277. The largest absolute Gasteiger partial charge is 0.756 e. The molecule has 0 fully saturated rings. The van der Waals surface area contributed by atoms with E-state index in [2.05, 4.69) is 19.2 Å². The number of likely N-dealkylation sites (N-methyl/N-ethyl adjacent to an activating group) is 1. The highest BCUT2D eigenvalue weighted by Gasteiger charge is 2.27. The molecule has 3 N–H and O–H groups in total. The lowest BCUT2D eigenvalue weighted by Crippen LogP contribution is -2.45. The molecule has 10 nitrogen and oxygen atoms in total. The summed E-state index contributed by atoms with van der Waals surface area (Å²) in [6.07, 6.45) is 30.7. The van der Waals surface area contributed by atoms with Crippen LogP contribution in [-0.4, -0.2) is 85.5 Å². The molecule has 52 heavy (non-hydrogen) atoms. The topological polar surface area (TPSA) is 145 Å². The number of aliphatic hydroxyl groups is 2. The molecule has 0 bridgehead atoms. The molecule has 0 spiro atoms. The van der Waals surface area contributed by atoms with E-state index < -0.39 is 32.7 Å². The minimum Gasteiger partial charge on any atom is -0.756 e. The maximum absolute atomic E-state index is 12.9. The lowest BCUT2D eigenvalue weighted by atomic mass is 9.90. The van der Waals surface area contributed by atoms with Gasteiger partial charge in [-0.3, -0.25) is 14.2 Å². The molecule has 0 radical (unpaired) electrons. The van der Waals surface area contributed by atoms with Gasteiger partial charge in [0.1, 0.15) is 13.2 Å². The Hall–Kier alpha value is -1.91. The zero-order valence-electron chi connectivity index (χ0n) is 33.1. The van der Waals surface area contributed by atoms with Gasteiger partial charge in [0.15, 0.2) is 5.78 Å². The molecule has 0 aromatic heterocycles. The van der Waals surface area contributed by atoms with Crippen molar-refractivity contribution in [2.75, 3.05) is 40.9 Å². The first-order valence-corrected chi connectivity index (χ1v) is 21.5. The number of carbonyl (C=O) groups is 2. The van der Waals surface area contributed by atoms with Crippen LogP contribution in [0.1, 0.15) is 129 Å². The van der Waals surface area contributed by atoms with Crippen molar-refractivity contribution in [3.05, 3.63) is 48.6 Å². The normalized spacial score (nSPS) is 19.6. The highest BCUT2D eigenvalue weighted by atomic mass is 31.2. The number of nitrogens with zero attached hydrogens (tertiary/aromatic N) is 1. The van der Waals surface area contributed by atoms with Crippen LogP contribution in [0.15, 0.2) is 48.6 Å². The fraction of sp³-hybridized carbons (Fsp3) is 0.756. The number of phosphoric acid groups is 1. The Labute approximate surface area is 316 Å². The molecule has 1 amide bonds. The van der Waals surface area contributed by atoms with Crippen LogP contribution in [0.4, 0.5) is 0 Å². The van der Waals surface area contributed by atoms with E-state index in [-0.39, 0.29) is 36.6 Å². The summed E-state index contributed by atoms with van der Waals surface area (Å²) < 4.78 is 23.1. The van der Waals surface area contributed by atoms with E-state index in [0.717, 1.165) is 38.5 Å². The molecular formula is C41H73N2O8P. The third-order valence-corrected chi connectivity index (χ3v) is 10.2. The van der Waals surface area contributed by atoms with Gasteiger partial charge in [-0.05, 0) is 50.5 Å². The van der Waals surface area contributed by atoms with E-state index in [1.54, 1.807) is 18.2 Å². The number of amides is 1. The van der Waals surface area contributed by atoms with Gasteiger partial charge < -0.3 is 34.0 Å². The van der Waals surface area contributed by atoms with E-state index >= 15 is 0 Å². The predicted octanol–water partition coefficient (Wildman–Crippen LogP) is 7.50. The van der Waals surface area contributed by atoms with E-state index in [1.165, 1.54) is 44.9 Å². The molecule has 0 saturated carbocycles. The van der Waals surface area contributed by atoms with Crippen LogP contribution in [0.2, 0.25) is 0 Å². The summed E-state index contributed by atoms with van der Waals surface area (Å²) in [6, 6.07) is -0.964. The molecule has 1 aliphatic carbocycles. The Morgan fingerprint density at radius 2 is 1.54 bits per heavy atom. The highest BCUT2D eigenvalue weighted by molar-refractivity contribution is 7.45. The summed E-state index contributed by atoms with van der Waals surface area (Å²) in [5, 5.41) is 23.9. The number of ketones is 1. The molecule has 0 aliphatic heterocycles. The van der Waals surface area contributed by atoms with Gasteiger partial charge in [-0.25, -0.2) is 0 Å². The number of carbonyl (C=O) groups excluding carboxylic acids is 2. The maximum Gasteiger partial charge on any atom is 0.268 e. The van der Waals surface area contributed by atoms with Gasteiger partial charge in [0.2, 0.25) is 5.91 Å². The number of hydrogen-bond acceptors (Lipinski definition) is 8. The Morgan fingerprint density at radius 1 is 0.904 bits per heavy atom. The van der Waals surface area contributed by atoms with Gasteiger partial charge in [-0.1, -0.05) is 127 Å². The highest BCUT2D eigenvalue weighted by Crippen LogP contribution is 2.38. The first-order valence-electron chi connectivity index (χ1n) is 20.1. The molecule has 1 rings (SSSR count). The number of phosphoric ester groups is 1. The summed E-state index contributed by atoms with van der Waals surface area (Å²) in [6.45, 7) is 4.32. The Kier molecular flexibility index (Phi) is 26.4. The van der Waals surface area contributed by atoms with E-state index in [0.29, 0.717) is 36.7 Å². The van der Waals surface area contributed by atoms with Gasteiger partial charge in [0.25, 0.3) is 7.82 Å². The molecule has 0 saturated heterocycles. The van der Waals surface area contributed by atoms with Crippen molar-refractivity contribution in [3.63, 3.8) is 0 Å². The van der Waals surface area contributed by atoms with Crippen molar-refractivity contribution in [2.45, 2.75) is 148 Å². The summed E-state index contributed by atoms with van der Waals surface area (Å²) in [5.41, 5.74) is 0. The summed E-state index contributed by atoms with van der Waals surface area (Å²) in [4.78, 5) is 37.7. The fourth-order valence-corrected chi connectivity index (χ4v) is 6.63. The first-order chi connectivity index (χ1) is 24.8. The second-order valence-electron chi connectivity index (χ2n) is 15.3. The van der Waals surface area contributed by atoms with E-state index in [9.17, 15) is 29.3 Å². The minimum absolute atomic E-state index is 0.0373. The van der Waals surface area contributed by atoms with Crippen molar-refractivity contribution in [2.24, 2.45) is 11.8 Å². The Balaban J connectivity index is 2.59. The zero-order chi connectivity index (χ0) is 38.7. The average molecular weight is 753 g/mol. The van der Waals surface area contributed by atoms with Crippen molar-refractivity contribution in [1.82, 2.24) is 5.32 Å². The van der Waals surface area contributed by atoms with E-state index in [1.807, 2.05) is 51.5 Å². The third-order valence-electron chi connectivity index (χ3n) is 9.28. The molecule has 1 unspecified atom stereocenters. The van der Waals surface area contributed by atoms with Crippen LogP contribution in [0.5, 0.6) is 0 Å². The van der Waals surface area contributed by atoms with Gasteiger partial charge in [-0.15, -0.1) is 0 Å². The zero-order valence-corrected chi connectivity index (χ0v) is 34.0. The predicted molar refractivity (Wildman–Crippen MR) is 209 cm³/mol. The van der Waals surface area contributed by atoms with Crippen LogP contribution < -0.4 is 10.2 Å². The molecule has 300 valence electrons. The molecule has 0 heterocycles. The van der Waals surface area contributed by atoms with Crippen LogP contribution in [0.25, 0.3) is 0 Å². The number of nitrogens with one attached hydrogen (secondary N) is 1. The maximum atomic E-state index is 12.9. The third kappa shape index (κ3) is 25.2.